The maximum Gasteiger partial charge on any atom is 0.0202 e. The van der Waals surface area contributed by atoms with Crippen molar-refractivity contribution in [2.75, 3.05) is 0 Å². The zero-order valence-electron chi connectivity index (χ0n) is 5.37. The Kier molecular flexibility index (Phi) is 5.05. The van der Waals surface area contributed by atoms with E-state index in [1.54, 1.807) is 6.07 Å². The molecule has 0 aliphatic rings. The van der Waals surface area contributed by atoms with E-state index in [1.165, 1.54) is 0 Å². The van der Waals surface area contributed by atoms with Crippen LogP contribution in [0.5, 0.6) is 0 Å². The van der Waals surface area contributed by atoms with Crippen molar-refractivity contribution >= 4 is 17.2 Å². The molecule has 1 nitrogen and oxygen atoms in total. The van der Waals surface area contributed by atoms with Gasteiger partial charge < -0.3 is 5.73 Å². The van der Waals surface area contributed by atoms with Crippen LogP contribution in [0.3, 0.4) is 0 Å². The van der Waals surface area contributed by atoms with Crippen molar-refractivity contribution in [2.45, 2.75) is 0 Å². The fourth-order valence-corrected chi connectivity index (χ4v) is 0.674. The Morgan fingerprint density at radius 1 is 1.50 bits per heavy atom. The molecule has 1 aromatic rings. The van der Waals surface area contributed by atoms with Crippen LogP contribution in [-0.2, 0) is 32.7 Å². The Bertz CT molecular complexity index is 210. The quantitative estimate of drug-likeness (QED) is 0.572. The van der Waals surface area contributed by atoms with Crippen molar-refractivity contribution in [1.29, 1.82) is 0 Å². The van der Waals surface area contributed by atoms with Gasteiger partial charge in [-0.25, -0.2) is 0 Å². The van der Waals surface area contributed by atoms with E-state index in [2.05, 4.69) is 6.07 Å². The number of hydrogen-bond acceptors (Lipinski definition) is 1. The molecule has 1 rings (SSSR count). The summed E-state index contributed by atoms with van der Waals surface area (Å²) in [5.74, 6) is 0. The molecule has 49 valence electrons. The number of thiocarbonyl (C=S) groups is 1. The van der Waals surface area contributed by atoms with Gasteiger partial charge in [-0.1, -0.05) is 0 Å². The fourth-order valence-electron chi connectivity index (χ4n) is 0.547. The fraction of sp³-hybridized carbons (Fsp3) is 0. The predicted octanol–water partition coefficient (Wildman–Crippen LogP) is 1.12. The second kappa shape index (κ2) is 4.94. The van der Waals surface area contributed by atoms with Gasteiger partial charge in [-0.15, -0.1) is 48.1 Å². The van der Waals surface area contributed by atoms with Gasteiger partial charge in [0.05, 0.1) is 0 Å². The first-order valence-electron chi connectivity index (χ1n) is 2.57. The van der Waals surface area contributed by atoms with Crippen LogP contribution in [0.25, 0.3) is 0 Å². The van der Waals surface area contributed by atoms with Crippen LogP contribution in [0.2, 0.25) is 0 Å². The molecule has 2 N–H and O–H groups in total. The zero-order valence-corrected chi connectivity index (χ0v) is 9.03. The third-order valence-electron chi connectivity index (χ3n) is 0.975. The average molecular weight is 225 g/mol. The minimum absolute atomic E-state index is 0. The molecule has 10 heavy (non-hydrogen) atoms. The largest absolute Gasteiger partial charge is 0.427 e. The van der Waals surface area contributed by atoms with Crippen molar-refractivity contribution in [3.8, 4) is 0 Å². The van der Waals surface area contributed by atoms with Gasteiger partial charge in [-0.2, -0.15) is 0 Å². The summed E-state index contributed by atoms with van der Waals surface area (Å²) in [6, 6.07) is 10.3. The smallest absolute Gasteiger partial charge is 0.0202 e. The van der Waals surface area contributed by atoms with Crippen LogP contribution < -0.4 is 5.73 Å². The summed E-state index contributed by atoms with van der Waals surface area (Å²) in [5.41, 5.74) is 6.11. The zero-order chi connectivity index (χ0) is 6.69. The van der Waals surface area contributed by atoms with E-state index in [0.29, 0.717) is 4.99 Å². The number of hydrogen-bond donors (Lipinski definition) is 1. The number of nitrogens with two attached hydrogens (primary N) is 1. The molecule has 0 fully saturated rings. The van der Waals surface area contributed by atoms with E-state index in [4.69, 9.17) is 18.0 Å². The molecule has 0 aromatic heterocycles. The molecule has 3 heteroatoms. The first-order valence-corrected chi connectivity index (χ1v) is 2.98. The minimum atomic E-state index is 0. The van der Waals surface area contributed by atoms with Crippen molar-refractivity contribution in [2.24, 2.45) is 5.73 Å². The first-order chi connectivity index (χ1) is 4.30. The normalized spacial score (nSPS) is 8.00. The summed E-state index contributed by atoms with van der Waals surface area (Å²) in [4.78, 5) is 0.399. The molecule has 0 heterocycles. The van der Waals surface area contributed by atoms with Crippen molar-refractivity contribution in [3.63, 3.8) is 0 Å². The molecule has 0 amide bonds. The Morgan fingerprint density at radius 2 is 2.20 bits per heavy atom. The third-order valence-corrected chi connectivity index (χ3v) is 1.19. The Balaban J connectivity index is 0.000000810. The second-order valence-corrected chi connectivity index (χ2v) is 2.08. The molecule has 0 bridgehead atoms. The van der Waals surface area contributed by atoms with E-state index >= 15 is 0 Å². The summed E-state index contributed by atoms with van der Waals surface area (Å²) in [6.07, 6.45) is 0. The monoisotopic (exact) mass is 225 g/mol. The van der Waals surface area contributed by atoms with Crippen LogP contribution in [-0.4, -0.2) is 4.99 Å². The summed E-state index contributed by atoms with van der Waals surface area (Å²) in [5, 5.41) is 0. The molecule has 0 unspecified atom stereocenters. The molecule has 1 aromatic carbocycles. The van der Waals surface area contributed by atoms with Gasteiger partial charge in [0.2, 0.25) is 0 Å². The van der Waals surface area contributed by atoms with E-state index in [0.717, 1.165) is 5.56 Å². The second-order valence-electron chi connectivity index (χ2n) is 1.64. The SMILES string of the molecule is NC(=S)c1[c-]cccc1.[Y]. The topological polar surface area (TPSA) is 26.0 Å². The van der Waals surface area contributed by atoms with E-state index in [9.17, 15) is 0 Å². The summed E-state index contributed by atoms with van der Waals surface area (Å²) >= 11 is 4.71. The van der Waals surface area contributed by atoms with Crippen LogP contribution >= 0.6 is 12.2 Å². The third kappa shape index (κ3) is 2.87. The van der Waals surface area contributed by atoms with Crippen LogP contribution in [0.1, 0.15) is 5.56 Å². The Morgan fingerprint density at radius 3 is 2.50 bits per heavy atom. The van der Waals surface area contributed by atoms with Gasteiger partial charge in [-0.3, -0.25) is 0 Å². The van der Waals surface area contributed by atoms with E-state index in [1.807, 2.05) is 18.2 Å². The molecule has 1 radical (unpaired) electrons. The predicted molar refractivity (Wildman–Crippen MR) is 41.2 cm³/mol. The first kappa shape index (κ1) is 10.2. The van der Waals surface area contributed by atoms with E-state index in [-0.39, 0.29) is 32.7 Å². The van der Waals surface area contributed by atoms with Crippen molar-refractivity contribution < 1.29 is 32.7 Å². The minimum Gasteiger partial charge on any atom is -0.427 e. The maximum atomic E-state index is 5.31. The molecule has 0 aliphatic carbocycles. The number of rotatable bonds is 1. The van der Waals surface area contributed by atoms with Crippen LogP contribution in [0.15, 0.2) is 24.3 Å². The van der Waals surface area contributed by atoms with Crippen LogP contribution in [0, 0.1) is 6.07 Å². The standard InChI is InChI=1S/C7H6NS.Y/c8-7(9)6-4-2-1-3-5-6;/h1-4H,(H2,8,9);/q-1;. The van der Waals surface area contributed by atoms with Gasteiger partial charge in [0.25, 0.3) is 0 Å². The van der Waals surface area contributed by atoms with Crippen LogP contribution in [0.4, 0.5) is 0 Å². The molecule has 0 saturated heterocycles. The van der Waals surface area contributed by atoms with Gasteiger partial charge in [0.1, 0.15) is 0 Å². The van der Waals surface area contributed by atoms with Crippen molar-refractivity contribution in [3.05, 3.63) is 35.9 Å². The molecular formula is C7H6NSY-. The van der Waals surface area contributed by atoms with Gasteiger partial charge in [0, 0.05) is 37.7 Å². The molecule has 0 atom stereocenters. The Hall–Kier alpha value is 0.214. The van der Waals surface area contributed by atoms with E-state index < -0.39 is 0 Å². The van der Waals surface area contributed by atoms with Gasteiger partial charge >= 0.3 is 0 Å². The molecule has 0 aliphatic heterocycles. The molecular weight excluding hydrogens is 219 g/mol. The average Bonchev–Trinajstić information content (AvgIpc) is 1.90. The van der Waals surface area contributed by atoms with Gasteiger partial charge in [-0.05, 0) is 0 Å². The molecule has 0 saturated carbocycles. The summed E-state index contributed by atoms with van der Waals surface area (Å²) in [6.45, 7) is 0. The Labute approximate surface area is 90.9 Å². The van der Waals surface area contributed by atoms with Crippen molar-refractivity contribution in [1.82, 2.24) is 0 Å². The summed E-state index contributed by atoms with van der Waals surface area (Å²) in [7, 11) is 0. The maximum absolute atomic E-state index is 5.31. The number of benzene rings is 1. The summed E-state index contributed by atoms with van der Waals surface area (Å²) < 4.78 is 0. The molecule has 0 spiro atoms. The van der Waals surface area contributed by atoms with Gasteiger partial charge in [0.15, 0.2) is 0 Å².